The molecule has 0 aliphatic rings. The Morgan fingerprint density at radius 1 is 1.32 bits per heavy atom. The molecule has 0 aliphatic carbocycles. The van der Waals surface area contributed by atoms with Crippen LogP contribution in [0.3, 0.4) is 0 Å². The molecule has 19 heavy (non-hydrogen) atoms. The molecule has 0 fully saturated rings. The first-order valence-electron chi connectivity index (χ1n) is 5.76. The van der Waals surface area contributed by atoms with Gasteiger partial charge >= 0.3 is 0 Å². The summed E-state index contributed by atoms with van der Waals surface area (Å²) in [7, 11) is -1.35. The van der Waals surface area contributed by atoms with Gasteiger partial charge in [-0.05, 0) is 43.7 Å². The summed E-state index contributed by atoms with van der Waals surface area (Å²) in [6.07, 6.45) is 0. The maximum Gasteiger partial charge on any atom is 0.188 e. The number of hydrogen-bond acceptors (Lipinski definition) is 3. The van der Waals surface area contributed by atoms with E-state index in [0.29, 0.717) is 14.1 Å². The Balaban J connectivity index is 2.22. The fourth-order valence-electron chi connectivity index (χ4n) is 1.69. The second kappa shape index (κ2) is 5.99. The van der Waals surface area contributed by atoms with Crippen molar-refractivity contribution >= 4 is 39.5 Å². The van der Waals surface area contributed by atoms with Gasteiger partial charge in [-0.1, -0.05) is 23.7 Å². The van der Waals surface area contributed by atoms with Crippen LogP contribution in [0.25, 0.3) is 0 Å². The number of ketones is 1. The summed E-state index contributed by atoms with van der Waals surface area (Å²) >= 11 is 7.04. The van der Waals surface area contributed by atoms with Crippen molar-refractivity contribution < 1.29 is 9.00 Å². The highest BCUT2D eigenvalue weighted by molar-refractivity contribution is 7.86. The van der Waals surface area contributed by atoms with Gasteiger partial charge in [0.1, 0.15) is 5.25 Å². The lowest BCUT2D eigenvalue weighted by molar-refractivity contribution is 0.0996. The van der Waals surface area contributed by atoms with Gasteiger partial charge in [0, 0.05) is 4.90 Å². The fraction of sp³-hybridized carbons (Fsp3) is 0.214. The molecule has 5 heteroatoms. The molecule has 1 heterocycles. The topological polar surface area (TPSA) is 34.1 Å². The third-order valence-electron chi connectivity index (χ3n) is 2.73. The molecule has 0 aliphatic heterocycles. The average molecular weight is 313 g/mol. The van der Waals surface area contributed by atoms with Crippen LogP contribution in [0.5, 0.6) is 0 Å². The number of hydrogen-bond donors (Lipinski definition) is 0. The summed E-state index contributed by atoms with van der Waals surface area (Å²) < 4.78 is 12.9. The van der Waals surface area contributed by atoms with Crippen molar-refractivity contribution in [2.75, 3.05) is 0 Å². The van der Waals surface area contributed by atoms with Gasteiger partial charge in [0.15, 0.2) is 5.78 Å². The molecule has 0 spiro atoms. The Labute approximate surface area is 123 Å². The highest BCUT2D eigenvalue weighted by atomic mass is 35.5. The molecule has 1 aromatic carbocycles. The zero-order chi connectivity index (χ0) is 14.0. The van der Waals surface area contributed by atoms with Crippen LogP contribution in [-0.2, 0) is 10.8 Å². The second-order valence-corrected chi connectivity index (χ2v) is 7.71. The highest BCUT2D eigenvalue weighted by Gasteiger charge is 2.24. The van der Waals surface area contributed by atoms with Gasteiger partial charge in [0.25, 0.3) is 0 Å². The normalized spacial score (nSPS) is 14.1. The van der Waals surface area contributed by atoms with Crippen molar-refractivity contribution in [1.82, 2.24) is 0 Å². The average Bonchev–Trinajstić information content (AvgIpc) is 2.83. The highest BCUT2D eigenvalue weighted by Crippen LogP contribution is 2.24. The molecule has 0 radical (unpaired) electrons. The standard InChI is InChI=1S/C14H13ClO2S2/c1-9-4-3-5-11(8-9)19(17)10(2)14(16)12-6-7-13(15)18-12/h3-8,10H,1-2H3. The van der Waals surface area contributed by atoms with Crippen molar-refractivity contribution in [1.29, 1.82) is 0 Å². The number of rotatable bonds is 4. The maximum absolute atomic E-state index is 12.4. The van der Waals surface area contributed by atoms with Crippen LogP contribution in [0.4, 0.5) is 0 Å². The van der Waals surface area contributed by atoms with Crippen LogP contribution in [0.1, 0.15) is 22.2 Å². The Bertz CT molecular complexity index is 634. The largest absolute Gasteiger partial charge is 0.292 e. The van der Waals surface area contributed by atoms with Gasteiger partial charge in [-0.15, -0.1) is 11.3 Å². The molecule has 1 aromatic heterocycles. The van der Waals surface area contributed by atoms with E-state index in [1.165, 1.54) is 11.3 Å². The lowest BCUT2D eigenvalue weighted by Crippen LogP contribution is -2.22. The first-order valence-corrected chi connectivity index (χ1v) is 8.16. The first-order chi connectivity index (χ1) is 8.99. The van der Waals surface area contributed by atoms with Crippen molar-refractivity contribution in [2.45, 2.75) is 24.0 Å². The molecule has 0 bridgehead atoms. The van der Waals surface area contributed by atoms with Gasteiger partial charge in [-0.25, -0.2) is 0 Å². The number of aryl methyl sites for hydroxylation is 1. The van der Waals surface area contributed by atoms with E-state index >= 15 is 0 Å². The Morgan fingerprint density at radius 2 is 2.05 bits per heavy atom. The lowest BCUT2D eigenvalue weighted by Gasteiger charge is -2.09. The van der Waals surface area contributed by atoms with E-state index < -0.39 is 16.0 Å². The van der Waals surface area contributed by atoms with Gasteiger partial charge in [0.2, 0.25) is 0 Å². The van der Waals surface area contributed by atoms with Crippen molar-refractivity contribution in [2.24, 2.45) is 0 Å². The van der Waals surface area contributed by atoms with E-state index in [4.69, 9.17) is 11.6 Å². The van der Waals surface area contributed by atoms with Crippen molar-refractivity contribution in [3.8, 4) is 0 Å². The molecule has 2 rings (SSSR count). The quantitative estimate of drug-likeness (QED) is 0.797. The van der Waals surface area contributed by atoms with E-state index in [1.54, 1.807) is 25.1 Å². The predicted octanol–water partition coefficient (Wildman–Crippen LogP) is 4.09. The lowest BCUT2D eigenvalue weighted by atomic mass is 10.2. The Kier molecular flexibility index (Phi) is 4.55. The number of benzene rings is 1. The minimum Gasteiger partial charge on any atom is -0.292 e. The van der Waals surface area contributed by atoms with Crippen LogP contribution in [0, 0.1) is 6.92 Å². The summed E-state index contributed by atoms with van der Waals surface area (Å²) in [6, 6.07) is 10.8. The summed E-state index contributed by atoms with van der Waals surface area (Å²) in [5, 5.41) is -0.573. The Morgan fingerprint density at radius 3 is 2.63 bits per heavy atom. The molecule has 0 N–H and O–H groups in total. The zero-order valence-corrected chi connectivity index (χ0v) is 12.9. The SMILES string of the molecule is Cc1cccc(S(=O)C(C)C(=O)c2ccc(Cl)s2)c1. The van der Waals surface area contributed by atoms with E-state index in [2.05, 4.69) is 0 Å². The number of halogens is 1. The second-order valence-electron chi connectivity index (χ2n) is 4.22. The number of carbonyl (C=O) groups is 1. The van der Waals surface area contributed by atoms with Crippen molar-refractivity contribution in [3.63, 3.8) is 0 Å². The molecule has 2 unspecified atom stereocenters. The molecular formula is C14H13ClO2S2. The number of thiophene rings is 1. The van der Waals surface area contributed by atoms with Crippen molar-refractivity contribution in [3.05, 3.63) is 51.2 Å². The smallest absolute Gasteiger partial charge is 0.188 e. The van der Waals surface area contributed by atoms with Gasteiger partial charge in [-0.2, -0.15) is 0 Å². The van der Waals surface area contributed by atoms with E-state index in [0.717, 1.165) is 5.56 Å². The van der Waals surface area contributed by atoms with Gasteiger partial charge < -0.3 is 0 Å². The molecule has 2 nitrogen and oxygen atoms in total. The molecule has 2 atom stereocenters. The molecule has 0 saturated carbocycles. The van der Waals surface area contributed by atoms with E-state index in [1.807, 2.05) is 25.1 Å². The van der Waals surface area contributed by atoms with Crippen LogP contribution in [-0.4, -0.2) is 15.2 Å². The molecule has 100 valence electrons. The van der Waals surface area contributed by atoms with Crippen LogP contribution in [0.15, 0.2) is 41.3 Å². The van der Waals surface area contributed by atoms with Gasteiger partial charge in [-0.3, -0.25) is 9.00 Å². The third kappa shape index (κ3) is 3.32. The van der Waals surface area contributed by atoms with E-state index in [-0.39, 0.29) is 5.78 Å². The first kappa shape index (κ1) is 14.4. The molecular weight excluding hydrogens is 300 g/mol. The van der Waals surface area contributed by atoms with Crippen LogP contribution < -0.4 is 0 Å². The summed E-state index contributed by atoms with van der Waals surface area (Å²) in [6.45, 7) is 3.63. The number of carbonyl (C=O) groups excluding carboxylic acids is 1. The Hall–Kier alpha value is -0.970. The summed E-state index contributed by atoms with van der Waals surface area (Å²) in [5.41, 5.74) is 1.03. The summed E-state index contributed by atoms with van der Waals surface area (Å²) in [5.74, 6) is -0.128. The monoisotopic (exact) mass is 312 g/mol. The van der Waals surface area contributed by atoms with Crippen LogP contribution >= 0.6 is 22.9 Å². The van der Waals surface area contributed by atoms with Crippen LogP contribution in [0.2, 0.25) is 4.34 Å². The minimum absolute atomic E-state index is 0.128. The fourth-order valence-corrected chi connectivity index (χ4v) is 4.08. The minimum atomic E-state index is -1.35. The zero-order valence-electron chi connectivity index (χ0n) is 10.6. The molecule has 0 amide bonds. The molecule has 0 saturated heterocycles. The summed E-state index contributed by atoms with van der Waals surface area (Å²) in [4.78, 5) is 13.5. The predicted molar refractivity (Wildman–Crippen MR) is 80.7 cm³/mol. The molecule has 2 aromatic rings. The van der Waals surface area contributed by atoms with E-state index in [9.17, 15) is 9.00 Å². The third-order valence-corrected chi connectivity index (χ3v) is 5.55. The maximum atomic E-state index is 12.4. The number of Topliss-reactive ketones (excluding diaryl/α,β-unsaturated/α-hetero) is 1. The van der Waals surface area contributed by atoms with Gasteiger partial charge in [0.05, 0.1) is 20.0 Å².